The molecule has 10 heteroatoms. The summed E-state index contributed by atoms with van der Waals surface area (Å²) in [6.45, 7) is 2.25. The van der Waals surface area contributed by atoms with Gasteiger partial charge in [-0.15, -0.1) is 0 Å². The fraction of sp³-hybridized carbons (Fsp3) is 0.412. The van der Waals surface area contributed by atoms with Crippen LogP contribution in [0.15, 0.2) is 35.5 Å². The van der Waals surface area contributed by atoms with Crippen LogP contribution >= 0.6 is 11.6 Å². The molecule has 3 rings (SSSR count). The number of quaternary nitrogens is 1. The van der Waals surface area contributed by atoms with E-state index >= 15 is 0 Å². The first-order valence-corrected chi connectivity index (χ1v) is 8.50. The van der Waals surface area contributed by atoms with Crippen LogP contribution in [0.5, 0.6) is 0 Å². The number of pyridine rings is 1. The van der Waals surface area contributed by atoms with Crippen LogP contribution < -0.4 is 5.32 Å². The third-order valence-electron chi connectivity index (χ3n) is 4.58. The molecule has 2 N–H and O–H groups in total. The Labute approximate surface area is 157 Å². The highest BCUT2D eigenvalue weighted by Crippen LogP contribution is 2.30. The molecule has 1 aromatic heterocycles. The predicted molar refractivity (Wildman–Crippen MR) is 88.2 cm³/mol. The van der Waals surface area contributed by atoms with Gasteiger partial charge in [0, 0.05) is 23.4 Å². The van der Waals surface area contributed by atoms with Crippen molar-refractivity contribution in [1.82, 2.24) is 9.88 Å². The second-order valence-electron chi connectivity index (χ2n) is 6.42. The molecule has 1 amide bonds. The lowest BCUT2D eigenvalue weighted by atomic mass is 10.2. The maximum absolute atomic E-state index is 13.1. The Morgan fingerprint density at radius 1 is 1.44 bits per heavy atom. The molecule has 0 radical (unpaired) electrons. The van der Waals surface area contributed by atoms with Gasteiger partial charge in [-0.2, -0.15) is 8.78 Å². The van der Waals surface area contributed by atoms with Crippen molar-refractivity contribution >= 4 is 17.5 Å². The Morgan fingerprint density at radius 3 is 2.78 bits per heavy atom. The number of nitrogens with zero attached hydrogens (tertiary/aromatic N) is 2. The number of halogens is 5. The average Bonchev–Trinajstić information content (AvgIpc) is 3.14. The summed E-state index contributed by atoms with van der Waals surface area (Å²) in [6.07, 6.45) is -0.670. The van der Waals surface area contributed by atoms with Crippen LogP contribution in [0.2, 0.25) is 5.15 Å². The molecule has 0 spiro atoms. The van der Waals surface area contributed by atoms with Crippen molar-refractivity contribution in [3.05, 3.63) is 51.8 Å². The van der Waals surface area contributed by atoms with E-state index in [2.05, 4.69) is 4.98 Å². The quantitative estimate of drug-likeness (QED) is 0.583. The number of hydrogen-bond acceptors (Lipinski definition) is 3. The van der Waals surface area contributed by atoms with E-state index in [1.807, 2.05) is 0 Å². The first kappa shape index (κ1) is 19.6. The van der Waals surface area contributed by atoms with E-state index in [-0.39, 0.29) is 23.5 Å². The van der Waals surface area contributed by atoms with E-state index in [1.165, 1.54) is 11.5 Å². The smallest absolute Gasteiger partial charge is 0.340 e. The van der Waals surface area contributed by atoms with E-state index in [9.17, 15) is 22.4 Å². The molecule has 5 nitrogen and oxygen atoms in total. The van der Waals surface area contributed by atoms with E-state index in [4.69, 9.17) is 16.3 Å². The van der Waals surface area contributed by atoms with E-state index < -0.39 is 25.0 Å². The maximum Gasteiger partial charge on any atom is 0.340 e. The summed E-state index contributed by atoms with van der Waals surface area (Å²) in [5.74, 6) is -4.36. The molecule has 27 heavy (non-hydrogen) atoms. The minimum atomic E-state index is -4.23. The van der Waals surface area contributed by atoms with Gasteiger partial charge in [-0.05, 0) is 19.9 Å². The van der Waals surface area contributed by atoms with Crippen molar-refractivity contribution in [2.75, 3.05) is 6.61 Å². The number of nitrogens with two attached hydrogens (primary N) is 1. The second kappa shape index (κ2) is 7.12. The van der Waals surface area contributed by atoms with Gasteiger partial charge < -0.3 is 9.64 Å². The Hall–Kier alpha value is -2.13. The van der Waals surface area contributed by atoms with Gasteiger partial charge in [0.05, 0.1) is 12.1 Å². The van der Waals surface area contributed by atoms with Crippen LogP contribution in [0, 0.1) is 0 Å². The molecule has 0 fully saturated rings. The summed E-state index contributed by atoms with van der Waals surface area (Å²) >= 11 is 6.05. The monoisotopic (exact) mass is 406 g/mol. The van der Waals surface area contributed by atoms with Crippen molar-refractivity contribution in [1.29, 1.82) is 0 Å². The summed E-state index contributed by atoms with van der Waals surface area (Å²) in [5.41, 5.74) is 2.27. The van der Waals surface area contributed by atoms with Crippen molar-refractivity contribution in [2.24, 2.45) is 0 Å². The SMILES string of the molecule is CC1=C(OCC(F)(F)C(F)F)[NH2+]C(C(C)N2Cc3c(ccnc3Cl)C2=O)=C1. The number of fused-ring (bicyclic) bond motifs is 1. The van der Waals surface area contributed by atoms with Crippen LogP contribution in [0.3, 0.4) is 0 Å². The number of hydrogen-bond donors (Lipinski definition) is 1. The van der Waals surface area contributed by atoms with Crippen LogP contribution in [0.4, 0.5) is 17.6 Å². The first-order chi connectivity index (χ1) is 12.6. The number of carbonyl (C=O) groups is 1. The molecule has 1 atom stereocenters. The molecule has 0 aliphatic carbocycles. The summed E-state index contributed by atoms with van der Waals surface area (Å²) in [4.78, 5) is 18.2. The van der Waals surface area contributed by atoms with E-state index in [1.54, 1.807) is 30.9 Å². The number of carbonyl (C=O) groups excluding carboxylic acids is 1. The Morgan fingerprint density at radius 2 is 2.15 bits per heavy atom. The lowest BCUT2D eigenvalue weighted by Gasteiger charge is -2.23. The molecule has 0 saturated heterocycles. The average molecular weight is 407 g/mol. The third kappa shape index (κ3) is 3.66. The Bertz CT molecular complexity index is 841. The molecule has 0 aromatic carbocycles. The van der Waals surface area contributed by atoms with Crippen molar-refractivity contribution in [2.45, 2.75) is 38.8 Å². The fourth-order valence-corrected chi connectivity index (χ4v) is 3.19. The lowest BCUT2D eigenvalue weighted by Crippen LogP contribution is -2.81. The lowest BCUT2D eigenvalue weighted by molar-refractivity contribution is -0.587. The van der Waals surface area contributed by atoms with Crippen molar-refractivity contribution in [3.8, 4) is 0 Å². The second-order valence-corrected chi connectivity index (χ2v) is 6.78. The predicted octanol–water partition coefficient (Wildman–Crippen LogP) is 2.69. The van der Waals surface area contributed by atoms with Gasteiger partial charge in [-0.3, -0.25) is 10.1 Å². The molecular weight excluding hydrogens is 390 g/mol. The molecule has 1 aromatic rings. The number of amides is 1. The summed E-state index contributed by atoms with van der Waals surface area (Å²) < 4.78 is 55.6. The molecule has 146 valence electrons. The van der Waals surface area contributed by atoms with Gasteiger partial charge in [0.15, 0.2) is 6.61 Å². The van der Waals surface area contributed by atoms with Crippen LogP contribution in [0.1, 0.15) is 29.8 Å². The highest BCUT2D eigenvalue weighted by molar-refractivity contribution is 6.30. The zero-order valence-corrected chi connectivity index (χ0v) is 15.2. The Kier molecular flexibility index (Phi) is 5.18. The van der Waals surface area contributed by atoms with Crippen molar-refractivity contribution in [3.63, 3.8) is 0 Å². The summed E-state index contributed by atoms with van der Waals surface area (Å²) in [5, 5.41) is 1.74. The number of alkyl halides is 4. The van der Waals surface area contributed by atoms with Gasteiger partial charge in [0.2, 0.25) is 0 Å². The highest BCUT2D eigenvalue weighted by Gasteiger charge is 2.43. The molecule has 0 saturated carbocycles. The van der Waals surface area contributed by atoms with Gasteiger partial charge in [0.25, 0.3) is 11.8 Å². The standard InChI is InChI=1S/C17H16ClF4N3O2/c1-8-5-12(24-14(8)27-7-17(21,22)16(19)20)9(2)25-6-11-10(15(25)26)3-4-23-13(11)18/h3-5,9,16,24H,6-7H2,1-2H3/p+1. The highest BCUT2D eigenvalue weighted by atomic mass is 35.5. The number of ether oxygens (including phenoxy) is 1. The van der Waals surface area contributed by atoms with Gasteiger partial charge >= 0.3 is 12.3 Å². The summed E-state index contributed by atoms with van der Waals surface area (Å²) in [6, 6.07) is 1.20. The van der Waals surface area contributed by atoms with Gasteiger partial charge in [-0.1, -0.05) is 11.6 Å². The molecule has 1 unspecified atom stereocenters. The zero-order valence-electron chi connectivity index (χ0n) is 14.5. The number of rotatable bonds is 6. The van der Waals surface area contributed by atoms with Crippen molar-refractivity contribution < 1.29 is 32.4 Å². The van der Waals surface area contributed by atoms with Gasteiger partial charge in [-0.25, -0.2) is 13.8 Å². The van der Waals surface area contributed by atoms with E-state index in [0.717, 1.165) is 0 Å². The molecule has 2 aliphatic rings. The minimum absolute atomic E-state index is 0.0843. The normalized spacial score (nSPS) is 18.3. The minimum Gasteiger partial charge on any atom is -0.445 e. The summed E-state index contributed by atoms with van der Waals surface area (Å²) in [7, 11) is 0. The number of allylic oxidation sites excluding steroid dienone is 2. The van der Waals surface area contributed by atoms with Gasteiger partial charge in [0.1, 0.15) is 16.9 Å². The van der Waals surface area contributed by atoms with E-state index in [0.29, 0.717) is 22.4 Å². The largest absolute Gasteiger partial charge is 0.445 e. The van der Waals surface area contributed by atoms with Crippen LogP contribution in [-0.2, 0) is 11.3 Å². The zero-order chi connectivity index (χ0) is 19.9. The fourth-order valence-electron chi connectivity index (χ4n) is 2.97. The molecule has 2 aliphatic heterocycles. The van der Waals surface area contributed by atoms with Crippen LogP contribution in [0.25, 0.3) is 0 Å². The topological polar surface area (TPSA) is 59.0 Å². The number of aromatic nitrogens is 1. The third-order valence-corrected chi connectivity index (χ3v) is 4.91. The maximum atomic E-state index is 13.1. The molecule has 0 bridgehead atoms. The Balaban J connectivity index is 1.67. The first-order valence-electron chi connectivity index (χ1n) is 8.12. The molecular formula is C17H17ClF4N3O2+. The van der Waals surface area contributed by atoms with Crippen LogP contribution in [-0.4, -0.2) is 40.8 Å². The molecule has 3 heterocycles.